The van der Waals surface area contributed by atoms with Crippen LogP contribution < -0.4 is 10.4 Å². The molecule has 1 fully saturated rings. The van der Waals surface area contributed by atoms with Crippen molar-refractivity contribution >= 4 is 9.39 Å². The van der Waals surface area contributed by atoms with Gasteiger partial charge >= 0.3 is 0 Å². The van der Waals surface area contributed by atoms with Crippen LogP contribution in [-0.2, 0) is 0 Å². The SMILES string of the molecule is PNC1CNC1. The van der Waals surface area contributed by atoms with Crippen molar-refractivity contribution in [3.63, 3.8) is 0 Å². The van der Waals surface area contributed by atoms with Crippen LogP contribution in [0.25, 0.3) is 0 Å². The third kappa shape index (κ3) is 0.700. The Bertz CT molecular complexity index is 41.3. The van der Waals surface area contributed by atoms with E-state index in [1.54, 1.807) is 0 Å². The van der Waals surface area contributed by atoms with Gasteiger partial charge in [-0.05, 0) is 0 Å². The van der Waals surface area contributed by atoms with E-state index in [0.717, 1.165) is 19.1 Å². The zero-order valence-electron chi connectivity index (χ0n) is 3.57. The van der Waals surface area contributed by atoms with Gasteiger partial charge in [0.25, 0.3) is 0 Å². The summed E-state index contributed by atoms with van der Waals surface area (Å²) in [6.07, 6.45) is 0. The topological polar surface area (TPSA) is 24.1 Å². The zero-order chi connectivity index (χ0) is 4.41. The molecule has 3 heteroatoms. The summed E-state index contributed by atoms with van der Waals surface area (Å²) in [6.45, 7) is 2.26. The first-order chi connectivity index (χ1) is 2.93. The van der Waals surface area contributed by atoms with Crippen molar-refractivity contribution < 1.29 is 0 Å². The Hall–Kier alpha value is 0.350. The Morgan fingerprint density at radius 2 is 2.33 bits per heavy atom. The monoisotopic (exact) mass is 104 g/mol. The van der Waals surface area contributed by atoms with Crippen molar-refractivity contribution in [3.8, 4) is 0 Å². The maximum absolute atomic E-state index is 3.14. The summed E-state index contributed by atoms with van der Waals surface area (Å²) >= 11 is 0. The second kappa shape index (κ2) is 1.87. The fourth-order valence-corrected chi connectivity index (χ4v) is 0.642. The van der Waals surface area contributed by atoms with E-state index in [1.807, 2.05) is 0 Å². The van der Waals surface area contributed by atoms with Crippen LogP contribution in [0.2, 0.25) is 0 Å². The summed E-state index contributed by atoms with van der Waals surface area (Å²) in [4.78, 5) is 0. The molecule has 2 nitrogen and oxygen atoms in total. The first-order valence-corrected chi connectivity index (χ1v) is 2.68. The minimum Gasteiger partial charge on any atom is -0.314 e. The van der Waals surface area contributed by atoms with Gasteiger partial charge in [0.1, 0.15) is 0 Å². The quantitative estimate of drug-likeness (QED) is 0.431. The van der Waals surface area contributed by atoms with Crippen LogP contribution in [0.5, 0.6) is 0 Å². The fraction of sp³-hybridized carbons (Fsp3) is 1.00. The summed E-state index contributed by atoms with van der Waals surface area (Å²) in [5.41, 5.74) is 0. The molecule has 1 aliphatic heterocycles. The molecule has 1 heterocycles. The molecule has 0 aromatic heterocycles. The van der Waals surface area contributed by atoms with E-state index in [-0.39, 0.29) is 0 Å². The average molecular weight is 104 g/mol. The summed E-state index contributed by atoms with van der Waals surface area (Å²) in [5.74, 6) is 0. The van der Waals surface area contributed by atoms with Crippen LogP contribution >= 0.6 is 9.39 Å². The van der Waals surface area contributed by atoms with Gasteiger partial charge in [0.15, 0.2) is 0 Å². The van der Waals surface area contributed by atoms with Crippen LogP contribution in [0.15, 0.2) is 0 Å². The van der Waals surface area contributed by atoms with Gasteiger partial charge in [-0.1, -0.05) is 9.39 Å². The summed E-state index contributed by atoms with van der Waals surface area (Å²) < 4.78 is 0. The summed E-state index contributed by atoms with van der Waals surface area (Å²) in [6, 6.07) is 0.718. The molecule has 0 spiro atoms. The Kier molecular flexibility index (Phi) is 1.41. The van der Waals surface area contributed by atoms with Crippen LogP contribution in [0.3, 0.4) is 0 Å². The van der Waals surface area contributed by atoms with E-state index in [9.17, 15) is 0 Å². The molecule has 1 atom stereocenters. The van der Waals surface area contributed by atoms with Gasteiger partial charge in [-0.2, -0.15) is 0 Å². The van der Waals surface area contributed by atoms with Gasteiger partial charge in [-0.25, -0.2) is 0 Å². The first-order valence-electron chi connectivity index (χ1n) is 2.10. The van der Waals surface area contributed by atoms with Gasteiger partial charge in [0.05, 0.1) is 0 Å². The molecular weight excluding hydrogens is 95.0 g/mol. The average Bonchev–Trinajstić information content (AvgIpc) is 1.31. The van der Waals surface area contributed by atoms with Crippen LogP contribution in [0, 0.1) is 0 Å². The van der Waals surface area contributed by atoms with Crippen LogP contribution in [0.1, 0.15) is 0 Å². The van der Waals surface area contributed by atoms with E-state index in [0.29, 0.717) is 0 Å². The van der Waals surface area contributed by atoms with E-state index in [1.165, 1.54) is 0 Å². The van der Waals surface area contributed by atoms with Crippen molar-refractivity contribution in [2.24, 2.45) is 0 Å². The Morgan fingerprint density at radius 3 is 2.33 bits per heavy atom. The Balaban J connectivity index is 2.01. The minimum atomic E-state index is 0.718. The molecule has 2 N–H and O–H groups in total. The van der Waals surface area contributed by atoms with E-state index >= 15 is 0 Å². The van der Waals surface area contributed by atoms with Crippen molar-refractivity contribution in [2.75, 3.05) is 13.1 Å². The lowest BCUT2D eigenvalue weighted by Crippen LogP contribution is -2.52. The van der Waals surface area contributed by atoms with Gasteiger partial charge in [-0.3, -0.25) is 5.09 Å². The second-order valence-corrected chi connectivity index (χ2v) is 1.86. The van der Waals surface area contributed by atoms with Crippen LogP contribution in [0.4, 0.5) is 0 Å². The molecule has 6 heavy (non-hydrogen) atoms. The molecule has 36 valence electrons. The zero-order valence-corrected chi connectivity index (χ0v) is 4.72. The van der Waals surface area contributed by atoms with E-state index in [2.05, 4.69) is 19.8 Å². The summed E-state index contributed by atoms with van der Waals surface area (Å²) in [5, 5.41) is 6.19. The highest BCUT2D eigenvalue weighted by atomic mass is 31.0. The largest absolute Gasteiger partial charge is 0.314 e. The lowest BCUT2D eigenvalue weighted by Gasteiger charge is -2.25. The Morgan fingerprint density at radius 1 is 1.67 bits per heavy atom. The third-order valence-corrected chi connectivity index (χ3v) is 1.49. The lowest BCUT2D eigenvalue weighted by molar-refractivity contribution is 0.423. The summed E-state index contributed by atoms with van der Waals surface area (Å²) in [7, 11) is 2.50. The molecule has 0 aromatic carbocycles. The third-order valence-electron chi connectivity index (χ3n) is 1.02. The van der Waals surface area contributed by atoms with Gasteiger partial charge in [-0.15, -0.1) is 0 Å². The molecule has 1 unspecified atom stereocenters. The van der Waals surface area contributed by atoms with Crippen molar-refractivity contribution in [1.29, 1.82) is 0 Å². The number of hydrogen-bond acceptors (Lipinski definition) is 2. The van der Waals surface area contributed by atoms with Crippen molar-refractivity contribution in [3.05, 3.63) is 0 Å². The Labute approximate surface area is 39.9 Å². The number of nitrogens with one attached hydrogen (secondary N) is 2. The molecule has 0 bridgehead atoms. The lowest BCUT2D eigenvalue weighted by atomic mass is 10.2. The predicted octanol–water partition coefficient (Wildman–Crippen LogP) is -0.662. The molecule has 1 rings (SSSR count). The first kappa shape index (κ1) is 4.51. The highest BCUT2D eigenvalue weighted by Crippen LogP contribution is 1.90. The number of rotatable bonds is 1. The van der Waals surface area contributed by atoms with E-state index < -0.39 is 0 Å². The highest BCUT2D eigenvalue weighted by molar-refractivity contribution is 7.13. The fourth-order valence-electron chi connectivity index (χ4n) is 0.407. The molecule has 0 amide bonds. The maximum Gasteiger partial charge on any atom is 0.0348 e. The molecule has 0 aromatic rings. The molecule has 0 saturated carbocycles. The smallest absolute Gasteiger partial charge is 0.0348 e. The predicted molar refractivity (Wildman–Crippen MR) is 29.5 cm³/mol. The van der Waals surface area contributed by atoms with Gasteiger partial charge in [0, 0.05) is 19.1 Å². The van der Waals surface area contributed by atoms with Gasteiger partial charge < -0.3 is 5.32 Å². The molecule has 0 radical (unpaired) electrons. The van der Waals surface area contributed by atoms with Crippen molar-refractivity contribution in [1.82, 2.24) is 10.4 Å². The second-order valence-electron chi connectivity index (χ2n) is 1.52. The molecule has 0 aliphatic carbocycles. The number of hydrogen-bond donors (Lipinski definition) is 2. The van der Waals surface area contributed by atoms with Crippen LogP contribution in [-0.4, -0.2) is 19.1 Å². The minimum absolute atomic E-state index is 0.718. The van der Waals surface area contributed by atoms with E-state index in [4.69, 9.17) is 0 Å². The normalized spacial score (nSPS) is 23.5. The van der Waals surface area contributed by atoms with Gasteiger partial charge in [0.2, 0.25) is 0 Å². The molecular formula is C3H9N2P. The highest BCUT2D eigenvalue weighted by Gasteiger charge is 2.12. The standard InChI is InChI=1S/C3H9N2P/c6-5-3-1-4-2-3/h3-5H,1-2,6H2. The molecule has 1 saturated heterocycles. The maximum atomic E-state index is 3.14. The molecule has 1 aliphatic rings. The van der Waals surface area contributed by atoms with Crippen molar-refractivity contribution in [2.45, 2.75) is 6.04 Å².